The third-order valence-electron chi connectivity index (χ3n) is 9.04. The summed E-state index contributed by atoms with van der Waals surface area (Å²) in [6, 6.07) is 2.78. The van der Waals surface area contributed by atoms with Crippen molar-refractivity contribution in [1.82, 2.24) is 24.3 Å². The molecule has 0 spiro atoms. The third-order valence-corrected chi connectivity index (χ3v) is 9.79. The van der Waals surface area contributed by atoms with Gasteiger partial charge in [0.25, 0.3) is 11.5 Å². The first-order valence-corrected chi connectivity index (χ1v) is 16.8. The number of nitrogens with zero attached hydrogens (tertiary/aromatic N) is 5. The zero-order valence-corrected chi connectivity index (χ0v) is 29.6. The Morgan fingerprint density at radius 1 is 1.18 bits per heavy atom. The Morgan fingerprint density at radius 2 is 1.92 bits per heavy atom. The molecule has 12 nitrogen and oxygen atoms in total. The number of hydrogen-bond acceptors (Lipinski definition) is 10. The van der Waals surface area contributed by atoms with E-state index in [0.717, 1.165) is 0 Å². The minimum Gasteiger partial charge on any atom is -0.495 e. The van der Waals surface area contributed by atoms with Crippen molar-refractivity contribution in [2.45, 2.75) is 44.8 Å². The van der Waals surface area contributed by atoms with Crippen molar-refractivity contribution in [1.29, 1.82) is 0 Å². The number of methoxy groups -OCH3 is 2. The summed E-state index contributed by atoms with van der Waals surface area (Å²) in [5, 5.41) is 4.20. The van der Waals surface area contributed by atoms with Crippen molar-refractivity contribution in [2.24, 2.45) is 5.92 Å². The average molecular weight is 712 g/mol. The number of ketones is 1. The number of halogens is 2. The van der Waals surface area contributed by atoms with Gasteiger partial charge >= 0.3 is 0 Å². The molecule has 2 aliphatic rings. The highest BCUT2D eigenvalue weighted by Gasteiger charge is 2.31. The van der Waals surface area contributed by atoms with Gasteiger partial charge in [0, 0.05) is 68.5 Å². The lowest BCUT2D eigenvalue weighted by molar-refractivity contribution is -0.129. The fraction of sp³-hybridized carbons (Fsp3) is 0.457. The molecule has 5 rings (SSSR count). The second-order valence-electron chi connectivity index (χ2n) is 12.1. The quantitative estimate of drug-likeness (QED) is 0.227. The summed E-state index contributed by atoms with van der Waals surface area (Å²) >= 11 is 13.6. The van der Waals surface area contributed by atoms with Crippen LogP contribution in [0.3, 0.4) is 0 Å². The van der Waals surface area contributed by atoms with E-state index in [4.69, 9.17) is 42.4 Å². The van der Waals surface area contributed by atoms with Gasteiger partial charge in [-0.25, -0.2) is 4.98 Å². The summed E-state index contributed by atoms with van der Waals surface area (Å²) in [4.78, 5) is 53.0. The number of pyridine rings is 1. The van der Waals surface area contributed by atoms with Crippen molar-refractivity contribution >= 4 is 51.9 Å². The summed E-state index contributed by atoms with van der Waals surface area (Å²) in [5.41, 5.74) is 0.434. The number of benzene rings is 1. The zero-order valence-electron chi connectivity index (χ0n) is 28.1. The molecule has 0 aliphatic carbocycles. The average Bonchev–Trinajstić information content (AvgIpc) is 3.09. The summed E-state index contributed by atoms with van der Waals surface area (Å²) < 4.78 is 18.2. The van der Waals surface area contributed by atoms with Crippen molar-refractivity contribution in [3.8, 4) is 34.5 Å². The van der Waals surface area contributed by atoms with Gasteiger partial charge in [0.1, 0.15) is 17.1 Å². The minimum absolute atomic E-state index is 0.00604. The predicted molar refractivity (Wildman–Crippen MR) is 190 cm³/mol. The topological polar surface area (TPSA) is 128 Å². The Bertz CT molecular complexity index is 1840. The van der Waals surface area contributed by atoms with E-state index in [0.29, 0.717) is 63.1 Å². The molecule has 0 bridgehead atoms. The maximum absolute atomic E-state index is 14.6. The van der Waals surface area contributed by atoms with Gasteiger partial charge < -0.3 is 29.3 Å². The van der Waals surface area contributed by atoms with Crippen molar-refractivity contribution in [3.63, 3.8) is 0 Å². The molecule has 2 fully saturated rings. The molecule has 260 valence electrons. The van der Waals surface area contributed by atoms with E-state index < -0.39 is 5.56 Å². The van der Waals surface area contributed by atoms with Crippen LogP contribution >= 0.6 is 23.2 Å². The number of allylic oxidation sites excluding steroid dienone is 1. The van der Waals surface area contributed by atoms with Gasteiger partial charge in [-0.15, -0.1) is 0 Å². The first-order valence-electron chi connectivity index (χ1n) is 16.0. The molecule has 2 saturated heterocycles. The molecule has 3 atom stereocenters. The van der Waals surface area contributed by atoms with Crippen molar-refractivity contribution < 1.29 is 23.8 Å². The molecule has 1 unspecified atom stereocenters. The van der Waals surface area contributed by atoms with E-state index in [1.165, 1.54) is 20.3 Å². The molecule has 1 amide bonds. The number of nitrogens with one attached hydrogen (secondary N) is 1. The monoisotopic (exact) mass is 710 g/mol. The number of aromatic nitrogens is 3. The van der Waals surface area contributed by atoms with Crippen LogP contribution in [0.4, 0.5) is 5.95 Å². The molecular formula is C35H40Cl2N6O6. The van der Waals surface area contributed by atoms with Gasteiger partial charge in [-0.3, -0.25) is 19.0 Å². The number of fused-ring (bicyclic) bond motifs is 1. The number of hydrogen-bond donors (Lipinski definition) is 1. The number of rotatable bonds is 11. The number of ether oxygens (including phenoxy) is 3. The minimum atomic E-state index is -0.401. The molecule has 4 heterocycles. The molecule has 14 heteroatoms. The molecule has 49 heavy (non-hydrogen) atoms. The third kappa shape index (κ3) is 7.86. The number of likely N-dealkylation sites (N-methyl/N-ethyl adjacent to an activating group) is 1. The lowest BCUT2D eigenvalue weighted by Gasteiger charge is -2.39. The lowest BCUT2D eigenvalue weighted by Crippen LogP contribution is -2.54. The van der Waals surface area contributed by atoms with Gasteiger partial charge in [-0.1, -0.05) is 35.7 Å². The van der Waals surface area contributed by atoms with E-state index in [-0.39, 0.29) is 74.9 Å². The Kier molecular flexibility index (Phi) is 11.8. The molecule has 1 N–H and O–H groups in total. The number of aryl methyl sites for hydroxylation is 1. The van der Waals surface area contributed by atoms with E-state index in [1.54, 1.807) is 34.7 Å². The van der Waals surface area contributed by atoms with Crippen LogP contribution in [0.1, 0.15) is 26.2 Å². The standard InChI is InChI=1S/C35H40Cl2N6O6/c1-6-8-29(45)42-13-12-41(3)19-23(42)9-11-43-33-22(16-25(34(43)46)30-31(36)27(47-4)17-28(48-5)32(30)37)18-38-35(40-33)39-26-20-49-14-10-21(26)15-24(44)7-2/h7,16-18,21,23,26H,2,9-15,19-20H2,1,3-5H3,(H,38,39,40)/t21-,23?,26-/m1/s1. The van der Waals surface area contributed by atoms with Crippen molar-refractivity contribution in [3.05, 3.63) is 51.4 Å². The van der Waals surface area contributed by atoms with E-state index in [1.807, 2.05) is 7.05 Å². The Balaban J connectivity index is 1.61. The van der Waals surface area contributed by atoms with Crippen molar-refractivity contribution in [2.75, 3.05) is 59.4 Å². The number of piperazine rings is 1. The smallest absolute Gasteiger partial charge is 0.298 e. The maximum atomic E-state index is 14.6. The Labute approximate surface area is 295 Å². The largest absolute Gasteiger partial charge is 0.495 e. The fourth-order valence-corrected chi connectivity index (χ4v) is 7.12. The van der Waals surface area contributed by atoms with Crippen LogP contribution in [-0.4, -0.2) is 102 Å². The fourth-order valence-electron chi connectivity index (χ4n) is 6.41. The Morgan fingerprint density at radius 3 is 2.59 bits per heavy atom. The SMILES string of the molecule is C=CC(=O)C[C@H]1CCOC[C@H]1Nc1ncc2cc(-c3c(Cl)c(OC)cc(OC)c3Cl)c(=O)n(CCC3CN(C)CCN3C(=O)C#CC)c2n1. The molecule has 1 aromatic carbocycles. The second-order valence-corrected chi connectivity index (χ2v) is 12.9. The van der Waals surface area contributed by atoms with Crippen LogP contribution in [0, 0.1) is 17.8 Å². The van der Waals surface area contributed by atoms with E-state index in [2.05, 4.69) is 33.6 Å². The highest BCUT2D eigenvalue weighted by atomic mass is 35.5. The molecule has 3 aromatic rings. The first-order chi connectivity index (χ1) is 23.6. The summed E-state index contributed by atoms with van der Waals surface area (Å²) in [7, 11) is 4.93. The summed E-state index contributed by atoms with van der Waals surface area (Å²) in [6.07, 6.45) is 4.41. The molecule has 0 radical (unpaired) electrons. The maximum Gasteiger partial charge on any atom is 0.298 e. The summed E-state index contributed by atoms with van der Waals surface area (Å²) in [5.74, 6) is 5.92. The van der Waals surface area contributed by atoms with E-state index >= 15 is 0 Å². The Hall–Kier alpha value is -4.15. The van der Waals surface area contributed by atoms with Gasteiger partial charge in [-0.05, 0) is 50.8 Å². The van der Waals surface area contributed by atoms with Gasteiger partial charge in [0.05, 0.1) is 42.5 Å². The first kappa shape index (κ1) is 36.1. The van der Waals surface area contributed by atoms with E-state index in [9.17, 15) is 14.4 Å². The second kappa shape index (κ2) is 16.0. The lowest BCUT2D eigenvalue weighted by atomic mass is 9.90. The van der Waals surface area contributed by atoms with Gasteiger partial charge in [-0.2, -0.15) is 4.98 Å². The van der Waals surface area contributed by atoms with Crippen LogP contribution in [0.15, 0.2) is 35.8 Å². The number of carbonyl (C=O) groups excluding carboxylic acids is 2. The number of amides is 1. The normalized spacial score (nSPS) is 19.6. The van der Waals surface area contributed by atoms with Gasteiger partial charge in [0.2, 0.25) is 5.95 Å². The highest BCUT2D eigenvalue weighted by Crippen LogP contribution is 2.45. The number of carbonyl (C=O) groups is 2. The molecular weight excluding hydrogens is 671 g/mol. The highest BCUT2D eigenvalue weighted by molar-refractivity contribution is 6.41. The molecule has 2 aliphatic heterocycles. The van der Waals surface area contributed by atoms with Crippen LogP contribution in [0.25, 0.3) is 22.2 Å². The number of anilines is 1. The molecule has 0 saturated carbocycles. The molecule has 2 aromatic heterocycles. The van der Waals surface area contributed by atoms with Crippen LogP contribution < -0.4 is 20.3 Å². The van der Waals surface area contributed by atoms with Gasteiger partial charge in [0.15, 0.2) is 5.78 Å². The summed E-state index contributed by atoms with van der Waals surface area (Å²) in [6.45, 7) is 8.22. The van der Waals surface area contributed by atoms with Crippen LogP contribution in [-0.2, 0) is 20.9 Å². The van der Waals surface area contributed by atoms with Crippen LogP contribution in [0.5, 0.6) is 11.5 Å². The zero-order chi connectivity index (χ0) is 35.2. The predicted octanol–water partition coefficient (Wildman–Crippen LogP) is 4.30. The van der Waals surface area contributed by atoms with Crippen LogP contribution in [0.2, 0.25) is 10.0 Å².